The van der Waals surface area contributed by atoms with E-state index in [9.17, 15) is 4.79 Å². The summed E-state index contributed by atoms with van der Waals surface area (Å²) in [4.78, 5) is 11.9. The average molecular weight is 341 g/mol. The van der Waals surface area contributed by atoms with Crippen LogP contribution in [-0.4, -0.2) is 18.5 Å². The molecule has 0 aliphatic rings. The number of halogens is 1. The molecule has 0 radical (unpaired) electrons. The van der Waals surface area contributed by atoms with Crippen LogP contribution in [0.2, 0.25) is 0 Å². The third-order valence-electron chi connectivity index (χ3n) is 3.34. The molecule has 2 unspecified atom stereocenters. The summed E-state index contributed by atoms with van der Waals surface area (Å²) in [6.07, 6.45) is 3.39. The highest BCUT2D eigenvalue weighted by molar-refractivity contribution is 9.10. The molecule has 2 N–H and O–H groups in total. The van der Waals surface area contributed by atoms with Gasteiger partial charge in [0.15, 0.2) is 0 Å². The van der Waals surface area contributed by atoms with Crippen molar-refractivity contribution in [3.63, 3.8) is 0 Å². The van der Waals surface area contributed by atoms with Crippen molar-refractivity contribution < 1.29 is 4.79 Å². The van der Waals surface area contributed by atoms with E-state index in [-0.39, 0.29) is 18.0 Å². The molecule has 0 heterocycles. The lowest BCUT2D eigenvalue weighted by Gasteiger charge is -2.20. The van der Waals surface area contributed by atoms with Crippen LogP contribution in [-0.2, 0) is 4.79 Å². The molecule has 0 aromatic heterocycles. The van der Waals surface area contributed by atoms with Gasteiger partial charge in [0.25, 0.3) is 0 Å². The molecular weight excluding hydrogens is 316 g/mol. The Morgan fingerprint density at radius 3 is 2.45 bits per heavy atom. The molecule has 0 spiro atoms. The molecule has 2 atom stereocenters. The Morgan fingerprint density at radius 1 is 1.20 bits per heavy atom. The van der Waals surface area contributed by atoms with E-state index in [2.05, 4.69) is 52.5 Å². The standard InChI is InChI=1S/C16H25BrN2O/c1-4-5-6-11-18-16(20)13(3)19-12(2)14-7-9-15(17)10-8-14/h7-10,12-13,19H,4-6,11H2,1-3H3,(H,18,20). The van der Waals surface area contributed by atoms with Crippen molar-refractivity contribution in [2.45, 2.75) is 52.1 Å². The minimum absolute atomic E-state index is 0.0741. The number of amides is 1. The van der Waals surface area contributed by atoms with Crippen LogP contribution in [0.5, 0.6) is 0 Å². The summed E-state index contributed by atoms with van der Waals surface area (Å²) in [5.41, 5.74) is 1.18. The first-order valence-corrected chi connectivity index (χ1v) is 8.13. The van der Waals surface area contributed by atoms with Gasteiger partial charge in [-0.2, -0.15) is 0 Å². The number of benzene rings is 1. The van der Waals surface area contributed by atoms with E-state index in [1.54, 1.807) is 0 Å². The van der Waals surface area contributed by atoms with Crippen molar-refractivity contribution in [2.24, 2.45) is 0 Å². The van der Waals surface area contributed by atoms with Crippen molar-refractivity contribution >= 4 is 21.8 Å². The predicted molar refractivity (Wildman–Crippen MR) is 87.7 cm³/mol. The zero-order valence-electron chi connectivity index (χ0n) is 12.6. The van der Waals surface area contributed by atoms with Crippen molar-refractivity contribution in [2.75, 3.05) is 6.54 Å². The van der Waals surface area contributed by atoms with Crippen molar-refractivity contribution in [1.82, 2.24) is 10.6 Å². The van der Waals surface area contributed by atoms with E-state index in [0.29, 0.717) is 0 Å². The predicted octanol–water partition coefficient (Wildman–Crippen LogP) is 3.79. The van der Waals surface area contributed by atoms with Crippen LogP contribution in [0.1, 0.15) is 51.6 Å². The fourth-order valence-corrected chi connectivity index (χ4v) is 2.30. The summed E-state index contributed by atoms with van der Waals surface area (Å²) in [5.74, 6) is 0.0741. The zero-order chi connectivity index (χ0) is 15.0. The smallest absolute Gasteiger partial charge is 0.236 e. The molecule has 0 saturated carbocycles. The molecule has 0 aliphatic heterocycles. The van der Waals surface area contributed by atoms with E-state index in [4.69, 9.17) is 0 Å². The fourth-order valence-electron chi connectivity index (χ4n) is 2.04. The summed E-state index contributed by atoms with van der Waals surface area (Å²) in [6, 6.07) is 8.13. The van der Waals surface area contributed by atoms with Gasteiger partial charge in [-0.25, -0.2) is 0 Å². The van der Waals surface area contributed by atoms with Gasteiger partial charge < -0.3 is 5.32 Å². The van der Waals surface area contributed by atoms with Crippen LogP contribution in [0.25, 0.3) is 0 Å². The summed E-state index contributed by atoms with van der Waals surface area (Å²) in [5, 5.41) is 6.30. The molecule has 0 bridgehead atoms. The summed E-state index contributed by atoms with van der Waals surface area (Å²) in [6.45, 7) is 6.91. The Morgan fingerprint density at radius 2 is 1.85 bits per heavy atom. The Balaban J connectivity index is 2.38. The Labute approximate surface area is 130 Å². The van der Waals surface area contributed by atoms with Crippen LogP contribution in [0, 0.1) is 0 Å². The Kier molecular flexibility index (Phi) is 7.85. The zero-order valence-corrected chi connectivity index (χ0v) is 14.2. The molecule has 1 aromatic carbocycles. The maximum absolute atomic E-state index is 11.9. The number of rotatable bonds is 8. The molecule has 1 amide bonds. The van der Waals surface area contributed by atoms with Gasteiger partial charge in [-0.15, -0.1) is 0 Å². The molecule has 1 rings (SSSR count). The van der Waals surface area contributed by atoms with Crippen molar-refractivity contribution in [1.29, 1.82) is 0 Å². The molecule has 3 nitrogen and oxygen atoms in total. The molecule has 0 fully saturated rings. The first-order valence-electron chi connectivity index (χ1n) is 7.33. The van der Waals surface area contributed by atoms with Crippen LogP contribution in [0.4, 0.5) is 0 Å². The lowest BCUT2D eigenvalue weighted by atomic mass is 10.1. The lowest BCUT2D eigenvalue weighted by Crippen LogP contribution is -2.43. The summed E-state index contributed by atoms with van der Waals surface area (Å²) < 4.78 is 1.06. The number of unbranched alkanes of at least 4 members (excludes halogenated alkanes) is 2. The van der Waals surface area contributed by atoms with E-state index in [0.717, 1.165) is 23.9 Å². The monoisotopic (exact) mass is 340 g/mol. The highest BCUT2D eigenvalue weighted by Crippen LogP contribution is 2.16. The van der Waals surface area contributed by atoms with Crippen LogP contribution in [0.3, 0.4) is 0 Å². The minimum atomic E-state index is -0.185. The Hall–Kier alpha value is -0.870. The van der Waals surface area contributed by atoms with Gasteiger partial charge in [0.05, 0.1) is 6.04 Å². The highest BCUT2D eigenvalue weighted by Gasteiger charge is 2.15. The fraction of sp³-hybridized carbons (Fsp3) is 0.562. The molecule has 20 heavy (non-hydrogen) atoms. The van der Waals surface area contributed by atoms with E-state index >= 15 is 0 Å². The minimum Gasteiger partial charge on any atom is -0.355 e. The van der Waals surface area contributed by atoms with Crippen molar-refractivity contribution in [3.8, 4) is 0 Å². The average Bonchev–Trinajstić information content (AvgIpc) is 2.44. The van der Waals surface area contributed by atoms with Gasteiger partial charge in [0.2, 0.25) is 5.91 Å². The number of hydrogen-bond donors (Lipinski definition) is 2. The Bertz CT molecular complexity index is 405. The van der Waals surface area contributed by atoms with Gasteiger partial charge in [-0.05, 0) is 38.0 Å². The quantitative estimate of drug-likeness (QED) is 0.706. The second-order valence-corrected chi connectivity index (χ2v) is 6.08. The second kappa shape index (κ2) is 9.14. The van der Waals surface area contributed by atoms with Gasteiger partial charge in [-0.1, -0.05) is 47.8 Å². The molecular formula is C16H25BrN2O. The first kappa shape index (κ1) is 17.2. The third-order valence-corrected chi connectivity index (χ3v) is 3.87. The van der Waals surface area contributed by atoms with Crippen LogP contribution in [0.15, 0.2) is 28.7 Å². The number of hydrogen-bond acceptors (Lipinski definition) is 2. The highest BCUT2D eigenvalue weighted by atomic mass is 79.9. The summed E-state index contributed by atoms with van der Waals surface area (Å²) in [7, 11) is 0. The molecule has 112 valence electrons. The lowest BCUT2D eigenvalue weighted by molar-refractivity contribution is -0.122. The molecule has 0 aliphatic carbocycles. The number of carbonyl (C=O) groups is 1. The van der Waals surface area contributed by atoms with Gasteiger partial charge in [-0.3, -0.25) is 10.1 Å². The maximum atomic E-state index is 11.9. The molecule has 0 saturated heterocycles. The number of nitrogens with one attached hydrogen (secondary N) is 2. The maximum Gasteiger partial charge on any atom is 0.236 e. The van der Waals surface area contributed by atoms with E-state index in [1.807, 2.05) is 19.1 Å². The van der Waals surface area contributed by atoms with Crippen molar-refractivity contribution in [3.05, 3.63) is 34.3 Å². The van der Waals surface area contributed by atoms with Gasteiger partial charge >= 0.3 is 0 Å². The number of carbonyl (C=O) groups excluding carboxylic acids is 1. The SMILES string of the molecule is CCCCCNC(=O)C(C)NC(C)c1ccc(Br)cc1. The molecule has 4 heteroatoms. The second-order valence-electron chi connectivity index (χ2n) is 5.16. The molecule has 1 aromatic rings. The van der Waals surface area contributed by atoms with Gasteiger partial charge in [0.1, 0.15) is 0 Å². The van der Waals surface area contributed by atoms with Gasteiger partial charge in [0, 0.05) is 17.1 Å². The normalized spacial score (nSPS) is 13.8. The third kappa shape index (κ3) is 6.06. The first-order chi connectivity index (χ1) is 9.54. The summed E-state index contributed by atoms with van der Waals surface area (Å²) >= 11 is 3.43. The topological polar surface area (TPSA) is 41.1 Å². The van der Waals surface area contributed by atoms with E-state index in [1.165, 1.54) is 12.0 Å². The van der Waals surface area contributed by atoms with Crippen LogP contribution >= 0.6 is 15.9 Å². The van der Waals surface area contributed by atoms with E-state index < -0.39 is 0 Å². The largest absolute Gasteiger partial charge is 0.355 e. The van der Waals surface area contributed by atoms with Crippen LogP contribution < -0.4 is 10.6 Å².